The Morgan fingerprint density at radius 2 is 1.71 bits per heavy atom. The summed E-state index contributed by atoms with van der Waals surface area (Å²) in [7, 11) is 4.34. The van der Waals surface area contributed by atoms with Crippen LogP contribution >= 0.6 is 11.6 Å². The Labute approximate surface area is 127 Å². The number of hydrogen-bond donors (Lipinski definition) is 1. The SMILES string of the molecule is COc1cc2c(OC)c(Cl)cc(OC)c2c(O)c1C(C)=O. The van der Waals surface area contributed by atoms with E-state index in [0.29, 0.717) is 27.3 Å². The summed E-state index contributed by atoms with van der Waals surface area (Å²) in [4.78, 5) is 11.8. The Hall–Kier alpha value is -2.14. The van der Waals surface area contributed by atoms with E-state index < -0.39 is 0 Å². The Balaban J connectivity index is 3.05. The number of carbonyl (C=O) groups excluding carboxylic acids is 1. The first-order valence-corrected chi connectivity index (χ1v) is 6.49. The molecule has 21 heavy (non-hydrogen) atoms. The van der Waals surface area contributed by atoms with Gasteiger partial charge in [-0.15, -0.1) is 0 Å². The van der Waals surface area contributed by atoms with Gasteiger partial charge in [-0.05, 0) is 13.0 Å². The Bertz CT molecular complexity index is 724. The largest absolute Gasteiger partial charge is 0.506 e. The minimum atomic E-state index is -0.317. The van der Waals surface area contributed by atoms with Gasteiger partial charge in [-0.1, -0.05) is 11.6 Å². The maximum Gasteiger partial charge on any atom is 0.167 e. The van der Waals surface area contributed by atoms with E-state index in [1.54, 1.807) is 6.07 Å². The third-order valence-corrected chi connectivity index (χ3v) is 3.51. The molecule has 2 aromatic carbocycles. The number of methoxy groups -OCH3 is 3. The number of fused-ring (bicyclic) bond motifs is 1. The normalized spacial score (nSPS) is 10.5. The van der Waals surface area contributed by atoms with Crippen molar-refractivity contribution < 1.29 is 24.1 Å². The molecule has 2 aromatic rings. The van der Waals surface area contributed by atoms with Crippen LogP contribution in [0.2, 0.25) is 5.02 Å². The van der Waals surface area contributed by atoms with Crippen LogP contribution in [-0.2, 0) is 0 Å². The molecule has 0 unspecified atom stereocenters. The summed E-state index contributed by atoms with van der Waals surface area (Å²) in [6.07, 6.45) is 0. The summed E-state index contributed by atoms with van der Waals surface area (Å²) in [5.74, 6) is 0.427. The zero-order valence-electron chi connectivity index (χ0n) is 12.1. The van der Waals surface area contributed by atoms with Crippen LogP contribution in [-0.4, -0.2) is 32.2 Å². The van der Waals surface area contributed by atoms with Gasteiger partial charge in [0.15, 0.2) is 5.78 Å². The average Bonchev–Trinajstić information content (AvgIpc) is 2.45. The van der Waals surface area contributed by atoms with Crippen molar-refractivity contribution in [1.29, 1.82) is 0 Å². The highest BCUT2D eigenvalue weighted by molar-refractivity contribution is 6.34. The first-order valence-electron chi connectivity index (χ1n) is 6.11. The third-order valence-electron chi connectivity index (χ3n) is 3.23. The quantitative estimate of drug-likeness (QED) is 0.876. The van der Waals surface area contributed by atoms with Gasteiger partial charge in [-0.2, -0.15) is 0 Å². The van der Waals surface area contributed by atoms with E-state index in [2.05, 4.69) is 0 Å². The number of ketones is 1. The molecular weight excluding hydrogens is 296 g/mol. The lowest BCUT2D eigenvalue weighted by molar-refractivity contribution is 0.101. The van der Waals surface area contributed by atoms with Crippen LogP contribution in [0.4, 0.5) is 0 Å². The van der Waals surface area contributed by atoms with Crippen LogP contribution in [0.25, 0.3) is 10.8 Å². The second kappa shape index (κ2) is 5.69. The van der Waals surface area contributed by atoms with Crippen LogP contribution in [0, 0.1) is 0 Å². The fourth-order valence-electron chi connectivity index (χ4n) is 2.32. The maximum absolute atomic E-state index is 11.8. The van der Waals surface area contributed by atoms with Crippen LogP contribution in [0.15, 0.2) is 12.1 Å². The molecule has 0 aromatic heterocycles. The summed E-state index contributed by atoms with van der Waals surface area (Å²) in [5, 5.41) is 11.7. The standard InChI is InChI=1S/C15H15ClO5/c1-7(17)12-10(19-2)5-8-13(14(12)18)11(20-3)6-9(16)15(8)21-4/h5-6,18H,1-4H3. The number of phenolic OH excluding ortho intramolecular Hbond substituents is 1. The predicted octanol–water partition coefficient (Wildman–Crippen LogP) is 3.43. The number of carbonyl (C=O) groups is 1. The summed E-state index contributed by atoms with van der Waals surface area (Å²) in [6.45, 7) is 1.35. The molecule has 0 atom stereocenters. The van der Waals surface area contributed by atoms with E-state index in [9.17, 15) is 9.90 Å². The Morgan fingerprint density at radius 3 is 2.19 bits per heavy atom. The number of phenols is 1. The molecule has 1 N–H and O–H groups in total. The third kappa shape index (κ3) is 2.34. The molecule has 0 saturated carbocycles. The van der Waals surface area contributed by atoms with E-state index in [-0.39, 0.29) is 22.8 Å². The van der Waals surface area contributed by atoms with Gasteiger partial charge in [0.2, 0.25) is 0 Å². The monoisotopic (exact) mass is 310 g/mol. The molecule has 0 amide bonds. The number of benzene rings is 2. The summed E-state index contributed by atoms with van der Waals surface area (Å²) in [5.41, 5.74) is 0.0904. The number of rotatable bonds is 4. The van der Waals surface area contributed by atoms with E-state index in [1.807, 2.05) is 0 Å². The van der Waals surface area contributed by atoms with Gasteiger partial charge in [0.05, 0.1) is 31.7 Å². The zero-order valence-corrected chi connectivity index (χ0v) is 12.9. The lowest BCUT2D eigenvalue weighted by Gasteiger charge is -2.16. The minimum Gasteiger partial charge on any atom is -0.506 e. The summed E-state index contributed by atoms with van der Waals surface area (Å²) in [6, 6.07) is 3.12. The number of ether oxygens (including phenoxy) is 3. The van der Waals surface area contributed by atoms with Gasteiger partial charge in [0.25, 0.3) is 0 Å². The number of halogens is 1. The number of hydrogen-bond acceptors (Lipinski definition) is 5. The number of Topliss-reactive ketones (excluding diaryl/α,β-unsaturated/α-hetero) is 1. The fraction of sp³-hybridized carbons (Fsp3) is 0.267. The average molecular weight is 311 g/mol. The molecule has 5 nitrogen and oxygen atoms in total. The van der Waals surface area contributed by atoms with Gasteiger partial charge in [-0.3, -0.25) is 4.79 Å². The van der Waals surface area contributed by atoms with Gasteiger partial charge >= 0.3 is 0 Å². The van der Waals surface area contributed by atoms with Crippen molar-refractivity contribution >= 4 is 28.2 Å². The second-order valence-corrected chi connectivity index (χ2v) is 4.78. The fourth-order valence-corrected chi connectivity index (χ4v) is 2.60. The van der Waals surface area contributed by atoms with Crippen molar-refractivity contribution in [1.82, 2.24) is 0 Å². The summed E-state index contributed by atoms with van der Waals surface area (Å²) >= 11 is 6.14. The maximum atomic E-state index is 11.8. The second-order valence-electron chi connectivity index (χ2n) is 4.38. The molecule has 0 aliphatic carbocycles. The molecule has 112 valence electrons. The van der Waals surface area contributed by atoms with Crippen molar-refractivity contribution in [2.45, 2.75) is 6.92 Å². The highest BCUT2D eigenvalue weighted by atomic mass is 35.5. The van der Waals surface area contributed by atoms with Crippen molar-refractivity contribution in [3.63, 3.8) is 0 Å². The lowest BCUT2D eigenvalue weighted by atomic mass is 10.00. The van der Waals surface area contributed by atoms with Gasteiger partial charge in [0.1, 0.15) is 28.6 Å². The molecule has 0 aliphatic rings. The molecule has 6 heteroatoms. The Kier molecular flexibility index (Phi) is 4.14. The van der Waals surface area contributed by atoms with Gasteiger partial charge < -0.3 is 19.3 Å². The van der Waals surface area contributed by atoms with Crippen molar-refractivity contribution in [2.75, 3.05) is 21.3 Å². The molecule has 0 spiro atoms. The molecular formula is C15H15ClO5. The predicted molar refractivity (Wildman–Crippen MR) is 80.3 cm³/mol. The van der Waals surface area contributed by atoms with Gasteiger partial charge in [-0.25, -0.2) is 0 Å². The minimum absolute atomic E-state index is 0.0904. The highest BCUT2D eigenvalue weighted by Gasteiger charge is 2.23. The van der Waals surface area contributed by atoms with E-state index in [0.717, 1.165) is 0 Å². The molecule has 0 fully saturated rings. The van der Waals surface area contributed by atoms with E-state index in [4.69, 9.17) is 25.8 Å². The number of aromatic hydroxyl groups is 1. The molecule has 0 heterocycles. The van der Waals surface area contributed by atoms with Crippen molar-refractivity contribution in [2.24, 2.45) is 0 Å². The van der Waals surface area contributed by atoms with E-state index in [1.165, 1.54) is 34.3 Å². The van der Waals surface area contributed by atoms with Crippen LogP contribution in [0.5, 0.6) is 23.0 Å². The van der Waals surface area contributed by atoms with E-state index >= 15 is 0 Å². The smallest absolute Gasteiger partial charge is 0.167 e. The highest BCUT2D eigenvalue weighted by Crippen LogP contribution is 2.47. The lowest BCUT2D eigenvalue weighted by Crippen LogP contribution is -2.00. The molecule has 0 radical (unpaired) electrons. The zero-order chi connectivity index (χ0) is 15.7. The van der Waals surface area contributed by atoms with Crippen molar-refractivity contribution in [3.8, 4) is 23.0 Å². The van der Waals surface area contributed by atoms with Crippen LogP contribution in [0.1, 0.15) is 17.3 Å². The summed E-state index contributed by atoms with van der Waals surface area (Å²) < 4.78 is 15.7. The molecule has 0 bridgehead atoms. The first kappa shape index (κ1) is 15.3. The van der Waals surface area contributed by atoms with Crippen LogP contribution in [0.3, 0.4) is 0 Å². The Morgan fingerprint density at radius 1 is 1.10 bits per heavy atom. The first-order chi connectivity index (χ1) is 9.96. The molecule has 0 saturated heterocycles. The van der Waals surface area contributed by atoms with Gasteiger partial charge in [0, 0.05) is 11.5 Å². The molecule has 2 rings (SSSR count). The van der Waals surface area contributed by atoms with Crippen molar-refractivity contribution in [3.05, 3.63) is 22.7 Å². The molecule has 0 aliphatic heterocycles. The topological polar surface area (TPSA) is 65.0 Å². The van der Waals surface area contributed by atoms with Crippen LogP contribution < -0.4 is 14.2 Å².